The van der Waals surface area contributed by atoms with Crippen LogP contribution in [0.15, 0.2) is 12.7 Å². The van der Waals surface area contributed by atoms with E-state index in [-0.39, 0.29) is 13.0 Å². The number of aromatic nitrogens is 3. The zero-order chi connectivity index (χ0) is 8.97. The van der Waals surface area contributed by atoms with Crippen LogP contribution in [0.4, 0.5) is 8.78 Å². The molecule has 0 aliphatic heterocycles. The second-order valence-electron chi connectivity index (χ2n) is 2.35. The number of halogens is 2. The Morgan fingerprint density at radius 2 is 2.25 bits per heavy atom. The largest absolute Gasteiger partial charge is 0.387 e. The molecule has 0 aliphatic rings. The zero-order valence-electron chi connectivity index (χ0n) is 6.27. The van der Waals surface area contributed by atoms with Gasteiger partial charge in [-0.3, -0.25) is 4.68 Å². The van der Waals surface area contributed by atoms with Crippen molar-refractivity contribution in [1.29, 1.82) is 0 Å². The maximum Gasteiger partial charge on any atom is 0.264 e. The summed E-state index contributed by atoms with van der Waals surface area (Å²) in [6, 6.07) is 0. The van der Waals surface area contributed by atoms with E-state index >= 15 is 0 Å². The number of aliphatic hydroxyl groups excluding tert-OH is 1. The Hall–Kier alpha value is -1.04. The minimum atomic E-state index is -2.69. The number of hydrogen-bond donors (Lipinski definition) is 1. The molecule has 1 aromatic heterocycles. The first-order valence-corrected chi connectivity index (χ1v) is 3.49. The molecular weight excluding hydrogens is 168 g/mol. The van der Waals surface area contributed by atoms with Crippen LogP contribution < -0.4 is 0 Å². The predicted octanol–water partition coefficient (Wildman–Crippen LogP) is 0.294. The maximum atomic E-state index is 11.8. The van der Waals surface area contributed by atoms with Gasteiger partial charge in [0.1, 0.15) is 18.8 Å². The van der Waals surface area contributed by atoms with Crippen LogP contribution >= 0.6 is 0 Å². The molecule has 4 nitrogen and oxygen atoms in total. The van der Waals surface area contributed by atoms with Crippen LogP contribution in [0.1, 0.15) is 6.42 Å². The lowest BCUT2D eigenvalue weighted by atomic mass is 10.3. The molecule has 0 bridgehead atoms. The van der Waals surface area contributed by atoms with Gasteiger partial charge in [0.15, 0.2) is 0 Å². The quantitative estimate of drug-likeness (QED) is 0.719. The summed E-state index contributed by atoms with van der Waals surface area (Å²) >= 11 is 0. The van der Waals surface area contributed by atoms with E-state index in [1.165, 1.54) is 17.3 Å². The maximum absolute atomic E-state index is 11.8. The van der Waals surface area contributed by atoms with Crippen LogP contribution in [-0.2, 0) is 6.54 Å². The predicted molar refractivity (Wildman–Crippen MR) is 36.6 cm³/mol. The summed E-state index contributed by atoms with van der Waals surface area (Å²) < 4.78 is 24.9. The van der Waals surface area contributed by atoms with E-state index in [0.29, 0.717) is 0 Å². The van der Waals surface area contributed by atoms with Crippen LogP contribution in [0.5, 0.6) is 0 Å². The summed E-state index contributed by atoms with van der Waals surface area (Å²) in [7, 11) is 0. The number of hydrogen-bond acceptors (Lipinski definition) is 3. The molecule has 1 rings (SSSR count). The molecule has 1 aromatic rings. The van der Waals surface area contributed by atoms with Crippen molar-refractivity contribution in [3.63, 3.8) is 0 Å². The second kappa shape index (κ2) is 4.10. The van der Waals surface area contributed by atoms with Crippen molar-refractivity contribution in [1.82, 2.24) is 14.8 Å². The highest BCUT2D eigenvalue weighted by Gasteiger charge is 2.16. The number of aryl methyl sites for hydroxylation is 1. The topological polar surface area (TPSA) is 50.9 Å². The van der Waals surface area contributed by atoms with Crippen LogP contribution in [0.3, 0.4) is 0 Å². The molecule has 0 saturated heterocycles. The zero-order valence-corrected chi connectivity index (χ0v) is 6.27. The molecule has 1 unspecified atom stereocenters. The smallest absolute Gasteiger partial charge is 0.264 e. The van der Waals surface area contributed by atoms with Gasteiger partial charge in [0, 0.05) is 6.54 Å². The Labute approximate surface area is 67.8 Å². The van der Waals surface area contributed by atoms with Crippen LogP contribution in [0.2, 0.25) is 0 Å². The standard InChI is InChI=1S/C6H9F2N3O/c7-6(8)5(12)1-2-11-4-9-3-10-11/h3-6,12H,1-2H2. The Bertz CT molecular complexity index is 215. The summed E-state index contributed by atoms with van der Waals surface area (Å²) in [6.45, 7) is 0.255. The number of rotatable bonds is 4. The lowest BCUT2D eigenvalue weighted by Crippen LogP contribution is -2.19. The summed E-state index contributed by atoms with van der Waals surface area (Å²) in [5.41, 5.74) is 0. The number of aliphatic hydroxyl groups is 1. The van der Waals surface area contributed by atoms with Gasteiger partial charge < -0.3 is 5.11 Å². The van der Waals surface area contributed by atoms with Gasteiger partial charge in [-0.2, -0.15) is 5.10 Å². The van der Waals surface area contributed by atoms with Crippen molar-refractivity contribution in [2.45, 2.75) is 25.5 Å². The fourth-order valence-electron chi connectivity index (χ4n) is 0.739. The first-order valence-electron chi connectivity index (χ1n) is 3.49. The van der Waals surface area contributed by atoms with Crippen molar-refractivity contribution in [3.8, 4) is 0 Å². The lowest BCUT2D eigenvalue weighted by Gasteiger charge is -2.07. The van der Waals surface area contributed by atoms with Crippen LogP contribution in [0, 0.1) is 0 Å². The van der Waals surface area contributed by atoms with E-state index in [9.17, 15) is 8.78 Å². The highest BCUT2D eigenvalue weighted by molar-refractivity contribution is 4.61. The average Bonchev–Trinajstić information content (AvgIpc) is 2.51. The molecule has 0 fully saturated rings. The molecule has 1 heterocycles. The van der Waals surface area contributed by atoms with E-state index in [1.54, 1.807) is 0 Å². The Morgan fingerprint density at radius 1 is 1.50 bits per heavy atom. The molecule has 0 amide bonds. The monoisotopic (exact) mass is 177 g/mol. The van der Waals surface area contributed by atoms with Crippen LogP contribution in [-0.4, -0.2) is 32.4 Å². The molecule has 12 heavy (non-hydrogen) atoms. The third kappa shape index (κ3) is 2.54. The third-order valence-corrected chi connectivity index (χ3v) is 1.41. The van der Waals surface area contributed by atoms with E-state index < -0.39 is 12.5 Å². The molecular formula is C6H9F2N3O. The summed E-state index contributed by atoms with van der Waals surface area (Å²) in [4.78, 5) is 3.63. The second-order valence-corrected chi connectivity index (χ2v) is 2.35. The van der Waals surface area contributed by atoms with Gasteiger partial charge in [-0.15, -0.1) is 0 Å². The van der Waals surface area contributed by atoms with E-state index in [4.69, 9.17) is 5.11 Å². The first-order chi connectivity index (χ1) is 5.70. The SMILES string of the molecule is OC(CCn1cncn1)C(F)F. The van der Waals surface area contributed by atoms with Crippen molar-refractivity contribution in [2.24, 2.45) is 0 Å². The number of alkyl halides is 2. The van der Waals surface area contributed by atoms with Crippen molar-refractivity contribution in [2.75, 3.05) is 0 Å². The van der Waals surface area contributed by atoms with E-state index in [2.05, 4.69) is 10.1 Å². The normalized spacial score (nSPS) is 13.7. The van der Waals surface area contributed by atoms with Crippen molar-refractivity contribution in [3.05, 3.63) is 12.7 Å². The number of nitrogens with zero attached hydrogens (tertiary/aromatic N) is 3. The minimum absolute atomic E-state index is 0.0129. The van der Waals surface area contributed by atoms with Gasteiger partial charge in [-0.25, -0.2) is 13.8 Å². The van der Waals surface area contributed by atoms with Gasteiger partial charge in [-0.1, -0.05) is 0 Å². The van der Waals surface area contributed by atoms with Gasteiger partial charge >= 0.3 is 0 Å². The molecule has 1 atom stereocenters. The Morgan fingerprint density at radius 3 is 2.75 bits per heavy atom. The molecule has 0 aromatic carbocycles. The first kappa shape index (κ1) is 9.05. The van der Waals surface area contributed by atoms with E-state index in [1.807, 2.05) is 0 Å². The molecule has 0 aliphatic carbocycles. The molecule has 68 valence electrons. The van der Waals surface area contributed by atoms with Crippen LogP contribution in [0.25, 0.3) is 0 Å². The average molecular weight is 177 g/mol. The Balaban J connectivity index is 2.27. The fourth-order valence-corrected chi connectivity index (χ4v) is 0.739. The minimum Gasteiger partial charge on any atom is -0.387 e. The summed E-state index contributed by atoms with van der Waals surface area (Å²) in [6.07, 6.45) is -1.55. The molecule has 0 radical (unpaired) electrons. The van der Waals surface area contributed by atoms with Gasteiger partial charge in [0.2, 0.25) is 0 Å². The Kier molecular flexibility index (Phi) is 3.09. The van der Waals surface area contributed by atoms with E-state index in [0.717, 1.165) is 0 Å². The highest BCUT2D eigenvalue weighted by Crippen LogP contribution is 2.05. The van der Waals surface area contributed by atoms with Crippen molar-refractivity contribution < 1.29 is 13.9 Å². The summed E-state index contributed by atoms with van der Waals surface area (Å²) in [5, 5.41) is 12.4. The third-order valence-electron chi connectivity index (χ3n) is 1.41. The fraction of sp³-hybridized carbons (Fsp3) is 0.667. The summed E-state index contributed by atoms with van der Waals surface area (Å²) in [5.74, 6) is 0. The van der Waals surface area contributed by atoms with Gasteiger partial charge in [0.25, 0.3) is 6.43 Å². The molecule has 0 spiro atoms. The van der Waals surface area contributed by atoms with Gasteiger partial charge in [-0.05, 0) is 6.42 Å². The molecule has 1 N–H and O–H groups in total. The highest BCUT2D eigenvalue weighted by atomic mass is 19.3. The lowest BCUT2D eigenvalue weighted by molar-refractivity contribution is -0.0114. The van der Waals surface area contributed by atoms with Crippen molar-refractivity contribution >= 4 is 0 Å². The molecule has 0 saturated carbocycles. The molecule has 6 heteroatoms. The van der Waals surface area contributed by atoms with Gasteiger partial charge in [0.05, 0.1) is 0 Å².